The van der Waals surface area contributed by atoms with Crippen LogP contribution < -0.4 is 10.1 Å². The van der Waals surface area contributed by atoms with Crippen molar-refractivity contribution in [2.45, 2.75) is 44.6 Å². The van der Waals surface area contributed by atoms with Crippen molar-refractivity contribution < 1.29 is 17.9 Å². The van der Waals surface area contributed by atoms with Gasteiger partial charge >= 0.3 is 0 Å². The normalized spacial score (nSPS) is 12.8. The van der Waals surface area contributed by atoms with E-state index in [0.717, 1.165) is 11.8 Å². The lowest BCUT2D eigenvalue weighted by atomic mass is 9.93. The number of hydrogen-bond donors (Lipinski definition) is 1. The van der Waals surface area contributed by atoms with Crippen molar-refractivity contribution in [3.8, 4) is 5.75 Å². The molecule has 1 unspecified atom stereocenters. The van der Waals surface area contributed by atoms with E-state index >= 15 is 0 Å². The van der Waals surface area contributed by atoms with E-state index in [0.29, 0.717) is 11.7 Å². The van der Waals surface area contributed by atoms with Gasteiger partial charge in [0.25, 0.3) is 5.91 Å². The van der Waals surface area contributed by atoms with Gasteiger partial charge in [-0.1, -0.05) is 52.0 Å². The molecular formula is C22H29NO4S. The Morgan fingerprint density at radius 3 is 1.93 bits per heavy atom. The standard InChI is InChI=1S/C22H29NO4S/c1-15(2)17-6-8-18(9-7-17)22(16(3)4)23-21(24)14-27-19-10-12-20(13-11-19)28(5,25)26/h6-13,15-16,22H,14H2,1-5H3,(H,23,24). The molecule has 1 atom stereocenters. The van der Waals surface area contributed by atoms with E-state index in [9.17, 15) is 13.2 Å². The molecule has 0 fully saturated rings. The number of hydrogen-bond acceptors (Lipinski definition) is 4. The summed E-state index contributed by atoms with van der Waals surface area (Å²) < 4.78 is 28.5. The van der Waals surface area contributed by atoms with Crippen molar-refractivity contribution in [3.05, 3.63) is 59.7 Å². The maximum atomic E-state index is 12.4. The average Bonchev–Trinajstić information content (AvgIpc) is 2.64. The van der Waals surface area contributed by atoms with Crippen LogP contribution in [-0.2, 0) is 14.6 Å². The Morgan fingerprint density at radius 1 is 0.929 bits per heavy atom. The van der Waals surface area contributed by atoms with E-state index in [2.05, 4.69) is 57.3 Å². The monoisotopic (exact) mass is 403 g/mol. The smallest absolute Gasteiger partial charge is 0.258 e. The molecular weight excluding hydrogens is 374 g/mol. The van der Waals surface area contributed by atoms with Crippen LogP contribution in [0.4, 0.5) is 0 Å². The number of amides is 1. The molecule has 1 amide bonds. The Kier molecular flexibility index (Phi) is 7.24. The summed E-state index contributed by atoms with van der Waals surface area (Å²) in [5, 5.41) is 3.03. The van der Waals surface area contributed by atoms with E-state index in [1.807, 2.05) is 0 Å². The van der Waals surface area contributed by atoms with Crippen LogP contribution in [0.15, 0.2) is 53.4 Å². The van der Waals surface area contributed by atoms with E-state index in [1.165, 1.54) is 17.7 Å². The molecule has 0 aromatic heterocycles. The number of sulfone groups is 1. The summed E-state index contributed by atoms with van der Waals surface area (Å²) in [4.78, 5) is 12.6. The Labute approximate surface area is 168 Å². The van der Waals surface area contributed by atoms with E-state index in [1.54, 1.807) is 12.1 Å². The molecule has 2 aromatic carbocycles. The van der Waals surface area contributed by atoms with E-state index in [-0.39, 0.29) is 29.4 Å². The first-order valence-electron chi connectivity index (χ1n) is 9.40. The van der Waals surface area contributed by atoms with Gasteiger partial charge in [-0.15, -0.1) is 0 Å². The van der Waals surface area contributed by atoms with Crippen LogP contribution in [-0.4, -0.2) is 27.2 Å². The van der Waals surface area contributed by atoms with Gasteiger partial charge < -0.3 is 10.1 Å². The number of rotatable bonds is 8. The van der Waals surface area contributed by atoms with Gasteiger partial charge in [-0.25, -0.2) is 8.42 Å². The summed E-state index contributed by atoms with van der Waals surface area (Å²) in [6, 6.07) is 14.2. The molecule has 6 heteroatoms. The SMILES string of the molecule is CC(C)c1ccc(C(NC(=O)COc2ccc(S(C)(=O)=O)cc2)C(C)C)cc1. The van der Waals surface area contributed by atoms with Crippen LogP contribution in [0.2, 0.25) is 0 Å². The van der Waals surface area contributed by atoms with Gasteiger partial charge in [-0.3, -0.25) is 4.79 Å². The molecule has 0 radical (unpaired) electrons. The van der Waals surface area contributed by atoms with E-state index in [4.69, 9.17) is 4.74 Å². The highest BCUT2D eigenvalue weighted by molar-refractivity contribution is 7.90. The largest absolute Gasteiger partial charge is 0.484 e. The number of nitrogens with one attached hydrogen (secondary N) is 1. The zero-order valence-electron chi connectivity index (χ0n) is 17.1. The Bertz CT molecular complexity index is 885. The molecule has 5 nitrogen and oxygen atoms in total. The molecule has 2 rings (SSSR count). The highest BCUT2D eigenvalue weighted by Gasteiger charge is 2.19. The molecule has 0 aliphatic carbocycles. The maximum Gasteiger partial charge on any atom is 0.258 e. The van der Waals surface area contributed by atoms with Gasteiger partial charge in [-0.05, 0) is 47.2 Å². The van der Waals surface area contributed by atoms with Crippen LogP contribution in [0.3, 0.4) is 0 Å². The summed E-state index contributed by atoms with van der Waals surface area (Å²) in [7, 11) is -3.25. The van der Waals surface area contributed by atoms with Crippen molar-refractivity contribution in [2.24, 2.45) is 5.92 Å². The molecule has 0 saturated carbocycles. The van der Waals surface area contributed by atoms with Gasteiger partial charge in [0, 0.05) is 6.26 Å². The Balaban J connectivity index is 1.99. The van der Waals surface area contributed by atoms with Crippen molar-refractivity contribution >= 4 is 15.7 Å². The maximum absolute atomic E-state index is 12.4. The van der Waals surface area contributed by atoms with Gasteiger partial charge in [0.2, 0.25) is 0 Å². The minimum absolute atomic E-state index is 0.107. The lowest BCUT2D eigenvalue weighted by Gasteiger charge is -2.23. The van der Waals surface area contributed by atoms with Gasteiger partial charge in [0.15, 0.2) is 16.4 Å². The third kappa shape index (κ3) is 6.09. The zero-order valence-corrected chi connectivity index (χ0v) is 17.9. The predicted molar refractivity (Wildman–Crippen MR) is 111 cm³/mol. The molecule has 152 valence electrons. The average molecular weight is 404 g/mol. The van der Waals surface area contributed by atoms with Gasteiger partial charge in [0.05, 0.1) is 10.9 Å². The highest BCUT2D eigenvalue weighted by atomic mass is 32.2. The minimum Gasteiger partial charge on any atom is -0.484 e. The minimum atomic E-state index is -3.25. The second-order valence-corrected chi connectivity index (χ2v) is 9.66. The quantitative estimate of drug-likeness (QED) is 0.720. The van der Waals surface area contributed by atoms with Crippen molar-refractivity contribution in [1.29, 1.82) is 0 Å². The molecule has 0 bridgehead atoms. The summed E-state index contributed by atoms with van der Waals surface area (Å²) in [6.07, 6.45) is 1.15. The number of benzene rings is 2. The van der Waals surface area contributed by atoms with Crippen molar-refractivity contribution in [3.63, 3.8) is 0 Å². The second-order valence-electron chi connectivity index (χ2n) is 7.64. The lowest BCUT2D eigenvalue weighted by Crippen LogP contribution is -2.35. The number of ether oxygens (including phenoxy) is 1. The third-order valence-electron chi connectivity index (χ3n) is 4.57. The Morgan fingerprint density at radius 2 is 1.46 bits per heavy atom. The summed E-state index contributed by atoms with van der Waals surface area (Å²) in [6.45, 7) is 8.29. The topological polar surface area (TPSA) is 72.5 Å². The van der Waals surface area contributed by atoms with E-state index < -0.39 is 9.84 Å². The summed E-state index contributed by atoms with van der Waals surface area (Å²) >= 11 is 0. The first kappa shape index (κ1) is 22.0. The number of carbonyl (C=O) groups is 1. The Hall–Kier alpha value is -2.34. The fraction of sp³-hybridized carbons (Fsp3) is 0.409. The summed E-state index contributed by atoms with van der Waals surface area (Å²) in [5.41, 5.74) is 2.32. The first-order chi connectivity index (χ1) is 13.1. The highest BCUT2D eigenvalue weighted by Crippen LogP contribution is 2.24. The predicted octanol–water partition coefficient (Wildman–Crippen LogP) is 4.11. The molecule has 0 aliphatic heterocycles. The molecule has 0 heterocycles. The fourth-order valence-electron chi connectivity index (χ4n) is 2.87. The fourth-order valence-corrected chi connectivity index (χ4v) is 3.50. The third-order valence-corrected chi connectivity index (χ3v) is 5.70. The van der Waals surface area contributed by atoms with Crippen LogP contribution in [0.5, 0.6) is 5.75 Å². The van der Waals surface area contributed by atoms with Crippen LogP contribution in [0.25, 0.3) is 0 Å². The van der Waals surface area contributed by atoms with Crippen LogP contribution in [0, 0.1) is 5.92 Å². The van der Waals surface area contributed by atoms with Crippen molar-refractivity contribution in [2.75, 3.05) is 12.9 Å². The molecule has 1 N–H and O–H groups in total. The lowest BCUT2D eigenvalue weighted by molar-refractivity contribution is -0.124. The number of carbonyl (C=O) groups excluding carboxylic acids is 1. The molecule has 0 aliphatic rings. The molecule has 28 heavy (non-hydrogen) atoms. The zero-order chi connectivity index (χ0) is 20.9. The second kappa shape index (κ2) is 9.24. The molecule has 2 aromatic rings. The van der Waals surface area contributed by atoms with Crippen LogP contribution >= 0.6 is 0 Å². The van der Waals surface area contributed by atoms with Crippen LogP contribution in [0.1, 0.15) is 50.8 Å². The summed E-state index contributed by atoms with van der Waals surface area (Å²) in [5.74, 6) is 0.912. The van der Waals surface area contributed by atoms with Crippen molar-refractivity contribution in [1.82, 2.24) is 5.32 Å². The van der Waals surface area contributed by atoms with Gasteiger partial charge in [-0.2, -0.15) is 0 Å². The first-order valence-corrected chi connectivity index (χ1v) is 11.3. The molecule has 0 saturated heterocycles. The van der Waals surface area contributed by atoms with Gasteiger partial charge in [0.1, 0.15) is 5.75 Å². The molecule has 0 spiro atoms.